The summed E-state index contributed by atoms with van der Waals surface area (Å²) in [5, 5.41) is 3.55. The van der Waals surface area contributed by atoms with Crippen LogP contribution in [0.5, 0.6) is 0 Å². The molecule has 2 heterocycles. The summed E-state index contributed by atoms with van der Waals surface area (Å²) in [6, 6.07) is 17.9. The Balaban J connectivity index is 1.37. The zero-order chi connectivity index (χ0) is 18.5. The Morgan fingerprint density at radius 3 is 2.21 bits per heavy atom. The molecule has 3 aliphatic carbocycles. The van der Waals surface area contributed by atoms with Gasteiger partial charge in [-0.05, 0) is 34.6 Å². The third-order valence-electron chi connectivity index (χ3n) is 6.22. The van der Waals surface area contributed by atoms with E-state index in [1.54, 1.807) is 18.7 Å². The van der Waals surface area contributed by atoms with Crippen LogP contribution in [0.15, 0.2) is 67.3 Å². The van der Waals surface area contributed by atoms with Crippen LogP contribution in [0.1, 0.15) is 40.5 Å². The van der Waals surface area contributed by atoms with Gasteiger partial charge >= 0.3 is 0 Å². The number of hydrogen-bond donors (Lipinski definition) is 1. The van der Waals surface area contributed by atoms with Crippen molar-refractivity contribution in [2.75, 3.05) is 11.9 Å². The van der Waals surface area contributed by atoms with E-state index in [-0.39, 0.29) is 0 Å². The van der Waals surface area contributed by atoms with Gasteiger partial charge in [0.15, 0.2) is 11.5 Å². The molecule has 2 bridgehead atoms. The quantitative estimate of drug-likeness (QED) is 0.591. The molecule has 7 rings (SSSR count). The summed E-state index contributed by atoms with van der Waals surface area (Å²) in [4.78, 5) is 17.3. The highest BCUT2D eigenvalue weighted by Crippen LogP contribution is 2.55. The molecule has 0 amide bonds. The van der Waals surface area contributed by atoms with Crippen molar-refractivity contribution in [3.05, 3.63) is 89.5 Å². The molecule has 0 fully saturated rings. The van der Waals surface area contributed by atoms with Gasteiger partial charge in [-0.1, -0.05) is 48.5 Å². The molecule has 28 heavy (non-hydrogen) atoms. The van der Waals surface area contributed by atoms with Crippen molar-refractivity contribution in [1.29, 1.82) is 0 Å². The van der Waals surface area contributed by atoms with Gasteiger partial charge < -0.3 is 5.32 Å². The summed E-state index contributed by atoms with van der Waals surface area (Å²) >= 11 is 0. The number of fused-ring (bicyclic) bond motifs is 2. The fraction of sp³-hybridized carbons (Fsp3) is 0.217. The van der Waals surface area contributed by atoms with Crippen molar-refractivity contribution < 1.29 is 0 Å². The largest absolute Gasteiger partial charge is 0.368 e. The fourth-order valence-corrected chi connectivity index (χ4v) is 5.11. The summed E-state index contributed by atoms with van der Waals surface area (Å²) in [6.07, 6.45) is 6.05. The maximum Gasteiger partial charge on any atom is 0.183 e. The lowest BCUT2D eigenvalue weighted by molar-refractivity contribution is 0.372. The average molecular weight is 365 g/mol. The van der Waals surface area contributed by atoms with Crippen LogP contribution in [-0.4, -0.2) is 26.5 Å². The molecule has 0 spiro atoms. The molecular formula is C23H19N5. The molecule has 0 aliphatic heterocycles. The third-order valence-corrected chi connectivity index (χ3v) is 6.22. The minimum Gasteiger partial charge on any atom is -0.368 e. The summed E-state index contributed by atoms with van der Waals surface area (Å²) < 4.78 is 0. The molecule has 136 valence electrons. The van der Waals surface area contributed by atoms with E-state index in [9.17, 15) is 0 Å². The SMILES string of the molecule is c1ccc2c(c1)C1CC(CNc3ncnc4nccnc34)C2c2ccccc21. The average Bonchev–Trinajstić information content (AvgIpc) is 2.78. The van der Waals surface area contributed by atoms with E-state index in [1.807, 2.05) is 0 Å². The Hall–Kier alpha value is -3.34. The molecule has 1 atom stereocenters. The topological polar surface area (TPSA) is 63.6 Å². The molecule has 5 nitrogen and oxygen atoms in total. The highest BCUT2D eigenvalue weighted by atomic mass is 15.1. The molecule has 0 radical (unpaired) electrons. The minimum atomic E-state index is 0.420. The van der Waals surface area contributed by atoms with Gasteiger partial charge in [-0.15, -0.1) is 0 Å². The van der Waals surface area contributed by atoms with E-state index >= 15 is 0 Å². The number of nitrogens with one attached hydrogen (secondary N) is 1. The van der Waals surface area contributed by atoms with Gasteiger partial charge in [-0.3, -0.25) is 0 Å². The van der Waals surface area contributed by atoms with E-state index in [0.29, 0.717) is 23.4 Å². The normalized spacial score (nSPS) is 21.9. The first-order chi connectivity index (χ1) is 13.9. The van der Waals surface area contributed by atoms with Crippen LogP contribution in [0.25, 0.3) is 11.2 Å². The lowest BCUT2D eigenvalue weighted by Gasteiger charge is -2.45. The number of benzene rings is 2. The van der Waals surface area contributed by atoms with Gasteiger partial charge in [0, 0.05) is 30.8 Å². The summed E-state index contributed by atoms with van der Waals surface area (Å²) in [5.74, 6) is 2.17. The first kappa shape index (κ1) is 15.7. The van der Waals surface area contributed by atoms with Crippen molar-refractivity contribution in [2.45, 2.75) is 18.3 Å². The van der Waals surface area contributed by atoms with Gasteiger partial charge in [0.2, 0.25) is 0 Å². The standard InChI is InChI=1S/C23H19N5/c1-3-7-17-15(5-1)19-11-14(20(17)18-8-4-2-6-16(18)19)12-26-23-21-22(27-13-28-23)25-10-9-24-21/h1-10,13-14,19-20H,11-12H2,(H,25,26,27,28). The van der Waals surface area contributed by atoms with Gasteiger partial charge in [-0.25, -0.2) is 19.9 Å². The van der Waals surface area contributed by atoms with E-state index in [1.165, 1.54) is 22.3 Å². The molecule has 1 N–H and O–H groups in total. The predicted molar refractivity (Wildman–Crippen MR) is 108 cm³/mol. The smallest absolute Gasteiger partial charge is 0.183 e. The van der Waals surface area contributed by atoms with Crippen molar-refractivity contribution in [3.8, 4) is 0 Å². The van der Waals surface area contributed by atoms with Crippen LogP contribution in [0.3, 0.4) is 0 Å². The van der Waals surface area contributed by atoms with E-state index in [4.69, 9.17) is 0 Å². The zero-order valence-electron chi connectivity index (χ0n) is 15.3. The Morgan fingerprint density at radius 1 is 0.786 bits per heavy atom. The number of aromatic nitrogens is 4. The van der Waals surface area contributed by atoms with Crippen molar-refractivity contribution >= 4 is 17.0 Å². The van der Waals surface area contributed by atoms with Gasteiger partial charge in [0.1, 0.15) is 11.8 Å². The molecule has 0 saturated heterocycles. The first-order valence-corrected chi connectivity index (χ1v) is 9.73. The van der Waals surface area contributed by atoms with Crippen LogP contribution in [-0.2, 0) is 0 Å². The highest BCUT2D eigenvalue weighted by molar-refractivity contribution is 5.81. The Bertz CT molecular complexity index is 1140. The van der Waals surface area contributed by atoms with Gasteiger partial charge in [0.05, 0.1) is 0 Å². The maximum atomic E-state index is 4.42. The predicted octanol–water partition coefficient (Wildman–Crippen LogP) is 4.13. The van der Waals surface area contributed by atoms with Crippen molar-refractivity contribution in [1.82, 2.24) is 19.9 Å². The van der Waals surface area contributed by atoms with E-state index in [2.05, 4.69) is 73.8 Å². The summed E-state index contributed by atoms with van der Waals surface area (Å²) in [6.45, 7) is 0.854. The van der Waals surface area contributed by atoms with Crippen LogP contribution in [0, 0.1) is 5.92 Å². The van der Waals surface area contributed by atoms with Crippen LogP contribution >= 0.6 is 0 Å². The lowest BCUT2D eigenvalue weighted by atomic mass is 9.59. The highest BCUT2D eigenvalue weighted by Gasteiger charge is 2.42. The van der Waals surface area contributed by atoms with Crippen LogP contribution in [0.2, 0.25) is 0 Å². The molecule has 1 unspecified atom stereocenters. The van der Waals surface area contributed by atoms with E-state index in [0.717, 1.165) is 24.3 Å². The molecule has 4 aromatic rings. The Morgan fingerprint density at radius 2 is 1.46 bits per heavy atom. The maximum absolute atomic E-state index is 4.42. The third kappa shape index (κ3) is 2.26. The minimum absolute atomic E-state index is 0.420. The fourth-order valence-electron chi connectivity index (χ4n) is 5.11. The molecule has 0 saturated carbocycles. The Kier molecular flexibility index (Phi) is 3.41. The second-order valence-corrected chi connectivity index (χ2v) is 7.62. The molecular weight excluding hydrogens is 346 g/mol. The van der Waals surface area contributed by atoms with Crippen LogP contribution < -0.4 is 5.32 Å². The van der Waals surface area contributed by atoms with Gasteiger partial charge in [0.25, 0.3) is 0 Å². The first-order valence-electron chi connectivity index (χ1n) is 9.73. The van der Waals surface area contributed by atoms with E-state index < -0.39 is 0 Å². The number of rotatable bonds is 3. The molecule has 2 aromatic heterocycles. The molecule has 5 heteroatoms. The monoisotopic (exact) mass is 365 g/mol. The lowest BCUT2D eigenvalue weighted by Crippen LogP contribution is -2.35. The number of anilines is 1. The molecule has 2 aromatic carbocycles. The Labute approximate surface area is 162 Å². The second-order valence-electron chi connectivity index (χ2n) is 7.62. The zero-order valence-corrected chi connectivity index (χ0v) is 15.3. The summed E-state index contributed by atoms with van der Waals surface area (Å²) in [5.41, 5.74) is 7.32. The summed E-state index contributed by atoms with van der Waals surface area (Å²) in [7, 11) is 0. The van der Waals surface area contributed by atoms with Gasteiger partial charge in [-0.2, -0.15) is 0 Å². The number of hydrogen-bond acceptors (Lipinski definition) is 5. The van der Waals surface area contributed by atoms with Crippen LogP contribution in [0.4, 0.5) is 5.82 Å². The second kappa shape index (κ2) is 6.09. The van der Waals surface area contributed by atoms with Crippen molar-refractivity contribution in [2.24, 2.45) is 5.92 Å². The molecule has 3 aliphatic rings. The van der Waals surface area contributed by atoms with Crippen molar-refractivity contribution in [3.63, 3.8) is 0 Å². The number of nitrogens with zero attached hydrogens (tertiary/aromatic N) is 4.